The number of hydrogen-bond acceptors (Lipinski definition) is 5. The molecular weight excluding hydrogens is 442 g/mol. The molecule has 35 heavy (non-hydrogen) atoms. The third kappa shape index (κ3) is 7.60. The molecule has 0 fully saturated rings. The second kappa shape index (κ2) is 12.6. The number of benzene rings is 1. The van der Waals surface area contributed by atoms with Crippen LogP contribution in [-0.2, 0) is 0 Å². The van der Waals surface area contributed by atoms with Crippen LogP contribution in [0, 0.1) is 11.8 Å². The maximum Gasteiger partial charge on any atom is 0.297 e. The summed E-state index contributed by atoms with van der Waals surface area (Å²) in [6, 6.07) is 5.80. The SMILES string of the molecule is CCC(C)CC(C)/C=C(C)/C=C/C=C/C=C(\C)C(=O)c1c(O)c(-c2ccc(O)cc2)cn(O)c1=O. The monoisotopic (exact) mass is 477 g/mol. The Bertz CT molecular complexity index is 1210. The van der Waals surface area contributed by atoms with Gasteiger partial charge in [-0.15, -0.1) is 0 Å². The largest absolute Gasteiger partial charge is 0.508 e. The van der Waals surface area contributed by atoms with Crippen molar-refractivity contribution in [3.05, 3.63) is 94.0 Å². The Kier molecular flexibility index (Phi) is 9.88. The van der Waals surface area contributed by atoms with Crippen LogP contribution in [0.15, 0.2) is 82.9 Å². The van der Waals surface area contributed by atoms with E-state index in [0.717, 1.165) is 18.2 Å². The first kappa shape index (κ1) is 27.4. The fraction of sp³-hybridized carbons (Fsp3) is 0.310. The van der Waals surface area contributed by atoms with Gasteiger partial charge >= 0.3 is 0 Å². The lowest BCUT2D eigenvalue weighted by Crippen LogP contribution is -2.25. The van der Waals surface area contributed by atoms with Crippen molar-refractivity contribution in [3.63, 3.8) is 0 Å². The number of Topliss-reactive ketones (excluding diaryl/α,β-unsaturated/α-hetero) is 1. The molecule has 186 valence electrons. The average molecular weight is 478 g/mol. The average Bonchev–Trinajstić information content (AvgIpc) is 2.81. The molecule has 0 amide bonds. The zero-order valence-corrected chi connectivity index (χ0v) is 21.0. The highest BCUT2D eigenvalue weighted by Gasteiger charge is 2.23. The second-order valence-corrected chi connectivity index (χ2v) is 9.02. The van der Waals surface area contributed by atoms with Crippen LogP contribution in [0.25, 0.3) is 11.1 Å². The third-order valence-corrected chi connectivity index (χ3v) is 5.87. The summed E-state index contributed by atoms with van der Waals surface area (Å²) in [4.78, 5) is 25.4. The highest BCUT2D eigenvalue weighted by atomic mass is 16.5. The summed E-state index contributed by atoms with van der Waals surface area (Å²) < 4.78 is 0.276. The predicted molar refractivity (Wildman–Crippen MR) is 140 cm³/mol. The van der Waals surface area contributed by atoms with Crippen LogP contribution in [-0.4, -0.2) is 25.9 Å². The van der Waals surface area contributed by atoms with E-state index in [4.69, 9.17) is 0 Å². The van der Waals surface area contributed by atoms with Crippen LogP contribution < -0.4 is 5.56 Å². The Morgan fingerprint density at radius 2 is 1.71 bits per heavy atom. The summed E-state index contributed by atoms with van der Waals surface area (Å²) in [5.41, 5.74) is 0.349. The molecule has 1 aromatic carbocycles. The number of hydrogen-bond donors (Lipinski definition) is 3. The van der Waals surface area contributed by atoms with Gasteiger partial charge in [-0.2, -0.15) is 4.73 Å². The molecule has 0 saturated heterocycles. The third-order valence-electron chi connectivity index (χ3n) is 5.87. The van der Waals surface area contributed by atoms with E-state index in [2.05, 4.69) is 26.8 Å². The van der Waals surface area contributed by atoms with Crippen molar-refractivity contribution in [2.24, 2.45) is 11.8 Å². The van der Waals surface area contributed by atoms with E-state index < -0.39 is 22.7 Å². The van der Waals surface area contributed by atoms with Crippen molar-refractivity contribution in [1.82, 2.24) is 4.73 Å². The van der Waals surface area contributed by atoms with Crippen LogP contribution in [0.2, 0.25) is 0 Å². The Balaban J connectivity index is 2.21. The summed E-state index contributed by atoms with van der Waals surface area (Å²) in [7, 11) is 0. The van der Waals surface area contributed by atoms with E-state index in [1.54, 1.807) is 18.2 Å². The van der Waals surface area contributed by atoms with Crippen LogP contribution in [0.4, 0.5) is 0 Å². The number of nitrogens with zero attached hydrogens (tertiary/aromatic N) is 1. The van der Waals surface area contributed by atoms with Crippen molar-refractivity contribution < 1.29 is 20.2 Å². The number of phenolic OH excluding ortho intramolecular Hbond substituents is 1. The fourth-order valence-corrected chi connectivity index (χ4v) is 3.77. The van der Waals surface area contributed by atoms with E-state index >= 15 is 0 Å². The quantitative estimate of drug-likeness (QED) is 0.159. The van der Waals surface area contributed by atoms with Gasteiger partial charge in [0.2, 0.25) is 0 Å². The van der Waals surface area contributed by atoms with Crippen LogP contribution in [0.1, 0.15) is 57.8 Å². The standard InChI is InChI=1S/C29H35NO5/c1-6-19(2)16-21(4)17-20(3)10-8-7-9-11-22(5)27(32)26-28(33)25(18-30(35)29(26)34)23-12-14-24(31)15-13-23/h7-15,17-19,21,31,33,35H,6,16H2,1-5H3/b9-7+,10-8+,20-17+,22-11+. The molecule has 0 bridgehead atoms. The number of aromatic nitrogens is 1. The van der Waals surface area contributed by atoms with E-state index in [-0.39, 0.29) is 21.6 Å². The van der Waals surface area contributed by atoms with E-state index in [0.29, 0.717) is 17.4 Å². The van der Waals surface area contributed by atoms with E-state index in [1.165, 1.54) is 37.6 Å². The summed E-state index contributed by atoms with van der Waals surface area (Å²) in [5, 5.41) is 30.2. The maximum absolute atomic E-state index is 12.9. The van der Waals surface area contributed by atoms with E-state index in [9.17, 15) is 25.0 Å². The lowest BCUT2D eigenvalue weighted by atomic mass is 9.94. The van der Waals surface area contributed by atoms with Gasteiger partial charge in [-0.1, -0.05) is 81.4 Å². The highest BCUT2D eigenvalue weighted by Crippen LogP contribution is 2.32. The fourth-order valence-electron chi connectivity index (χ4n) is 3.77. The second-order valence-electron chi connectivity index (χ2n) is 9.02. The Morgan fingerprint density at radius 3 is 2.34 bits per heavy atom. The topological polar surface area (TPSA) is 99.8 Å². The minimum atomic E-state index is -1.01. The van der Waals surface area contributed by atoms with Crippen LogP contribution >= 0.6 is 0 Å². The van der Waals surface area contributed by atoms with Gasteiger partial charge in [-0.05, 0) is 55.4 Å². The van der Waals surface area contributed by atoms with Gasteiger partial charge in [0.15, 0.2) is 5.78 Å². The molecule has 1 aromatic heterocycles. The smallest absolute Gasteiger partial charge is 0.297 e. The molecule has 0 aliphatic heterocycles. The number of carbonyl (C=O) groups is 1. The Labute approximate surface area is 206 Å². The van der Waals surface area contributed by atoms with Gasteiger partial charge in [-0.25, -0.2) is 0 Å². The van der Waals surface area contributed by atoms with Crippen molar-refractivity contribution in [3.8, 4) is 22.6 Å². The lowest BCUT2D eigenvalue weighted by Gasteiger charge is -2.12. The van der Waals surface area contributed by atoms with Crippen molar-refractivity contribution in [1.29, 1.82) is 0 Å². The number of carbonyl (C=O) groups excluding carboxylic acids is 1. The molecule has 0 radical (unpaired) electrons. The zero-order chi connectivity index (χ0) is 26.1. The normalized spacial score (nSPS) is 14.5. The van der Waals surface area contributed by atoms with Crippen LogP contribution in [0.3, 0.4) is 0 Å². The summed E-state index contributed by atoms with van der Waals surface area (Å²) in [6.07, 6.45) is 14.5. The van der Waals surface area contributed by atoms with Crippen molar-refractivity contribution >= 4 is 5.78 Å². The number of allylic oxidation sites excluding steroid dienone is 8. The molecule has 2 aromatic rings. The van der Waals surface area contributed by atoms with Gasteiger partial charge in [0.25, 0.3) is 5.56 Å². The molecule has 6 nitrogen and oxygen atoms in total. The lowest BCUT2D eigenvalue weighted by molar-refractivity contribution is 0.102. The molecule has 6 heteroatoms. The molecule has 0 spiro atoms. The van der Waals surface area contributed by atoms with Gasteiger partial charge in [-0.3, -0.25) is 9.59 Å². The Morgan fingerprint density at radius 1 is 1.06 bits per heavy atom. The molecule has 0 aliphatic rings. The first-order chi connectivity index (χ1) is 16.5. The zero-order valence-electron chi connectivity index (χ0n) is 21.0. The highest BCUT2D eigenvalue weighted by molar-refractivity contribution is 6.11. The molecule has 1 heterocycles. The number of pyridine rings is 1. The molecule has 2 atom stereocenters. The molecule has 2 unspecified atom stereocenters. The van der Waals surface area contributed by atoms with Gasteiger partial charge < -0.3 is 15.4 Å². The van der Waals surface area contributed by atoms with Gasteiger partial charge in [0.05, 0.1) is 6.20 Å². The minimum absolute atomic E-state index is 0.0211. The van der Waals surface area contributed by atoms with Gasteiger partial charge in [0.1, 0.15) is 17.1 Å². The maximum atomic E-state index is 12.9. The molecule has 3 N–H and O–H groups in total. The van der Waals surface area contributed by atoms with Crippen LogP contribution in [0.5, 0.6) is 11.5 Å². The number of aromatic hydroxyl groups is 2. The summed E-state index contributed by atoms with van der Waals surface area (Å²) in [5.74, 6) is -0.00849. The minimum Gasteiger partial charge on any atom is -0.508 e. The first-order valence-corrected chi connectivity index (χ1v) is 11.8. The van der Waals surface area contributed by atoms with E-state index in [1.807, 2.05) is 19.1 Å². The number of phenols is 1. The molecule has 0 aliphatic carbocycles. The first-order valence-electron chi connectivity index (χ1n) is 11.8. The summed E-state index contributed by atoms with van der Waals surface area (Å²) in [6.45, 7) is 10.3. The Hall–Kier alpha value is -3.80. The van der Waals surface area contributed by atoms with Crippen molar-refractivity contribution in [2.75, 3.05) is 0 Å². The molecular formula is C29H35NO5. The van der Waals surface area contributed by atoms with Gasteiger partial charge in [0, 0.05) is 5.56 Å². The number of ketones is 1. The summed E-state index contributed by atoms with van der Waals surface area (Å²) >= 11 is 0. The van der Waals surface area contributed by atoms with Crippen molar-refractivity contribution in [2.45, 2.75) is 47.5 Å². The molecule has 2 rings (SSSR count). The predicted octanol–water partition coefficient (Wildman–Crippen LogP) is 6.42. The number of rotatable bonds is 10. The molecule has 0 saturated carbocycles.